The van der Waals surface area contributed by atoms with Crippen molar-refractivity contribution < 1.29 is 29.2 Å². The first-order valence-corrected chi connectivity index (χ1v) is 7.51. The average Bonchev–Trinajstić information content (AvgIpc) is 2.63. The lowest BCUT2D eigenvalue weighted by molar-refractivity contribution is -0.0710. The van der Waals surface area contributed by atoms with Gasteiger partial charge in [0.1, 0.15) is 35.2 Å². The number of ether oxygens (including phenoxy) is 4. The monoisotopic (exact) mass is 332 g/mol. The molecule has 1 aliphatic heterocycles. The number of hydrogen-bond donors (Lipinski definition) is 2. The fraction of sp³-hybridized carbons (Fsp3) is 0.333. The van der Waals surface area contributed by atoms with Crippen molar-refractivity contribution in [1.29, 1.82) is 0 Å². The number of benzene rings is 2. The van der Waals surface area contributed by atoms with Gasteiger partial charge >= 0.3 is 0 Å². The van der Waals surface area contributed by atoms with Gasteiger partial charge in [0.25, 0.3) is 0 Å². The first kappa shape index (κ1) is 16.4. The Labute approximate surface area is 140 Å². The Morgan fingerprint density at radius 3 is 2.12 bits per heavy atom. The topological polar surface area (TPSA) is 77.4 Å². The molecule has 0 amide bonds. The van der Waals surface area contributed by atoms with Gasteiger partial charge in [-0.2, -0.15) is 0 Å². The van der Waals surface area contributed by atoms with Crippen LogP contribution in [-0.4, -0.2) is 37.6 Å². The van der Waals surface area contributed by atoms with Gasteiger partial charge in [0, 0.05) is 12.1 Å². The summed E-state index contributed by atoms with van der Waals surface area (Å²) in [5, 5.41) is 21.1. The van der Waals surface area contributed by atoms with Crippen LogP contribution in [0.2, 0.25) is 0 Å². The number of fused-ring (bicyclic) bond motifs is 1. The second kappa shape index (κ2) is 6.59. The summed E-state index contributed by atoms with van der Waals surface area (Å²) in [7, 11) is 4.61. The maximum Gasteiger partial charge on any atom is 0.152 e. The predicted molar refractivity (Wildman–Crippen MR) is 86.9 cm³/mol. The highest BCUT2D eigenvalue weighted by atomic mass is 16.5. The molecule has 0 radical (unpaired) electrons. The number of hydrogen-bond acceptors (Lipinski definition) is 6. The van der Waals surface area contributed by atoms with Crippen molar-refractivity contribution >= 4 is 0 Å². The van der Waals surface area contributed by atoms with Crippen LogP contribution in [0.15, 0.2) is 36.4 Å². The second-order valence-corrected chi connectivity index (χ2v) is 5.49. The molecule has 6 nitrogen and oxygen atoms in total. The Hall–Kier alpha value is -2.44. The molecule has 128 valence electrons. The number of aliphatic hydroxyl groups excluding tert-OH is 2. The van der Waals surface area contributed by atoms with Crippen LogP contribution in [0.4, 0.5) is 0 Å². The van der Waals surface area contributed by atoms with E-state index in [1.165, 1.54) is 14.2 Å². The summed E-state index contributed by atoms with van der Waals surface area (Å²) in [6.45, 7) is 0. The van der Waals surface area contributed by atoms with E-state index in [4.69, 9.17) is 18.9 Å². The van der Waals surface area contributed by atoms with Crippen molar-refractivity contribution in [3.8, 4) is 23.0 Å². The number of aliphatic hydroxyl groups is 2. The number of rotatable bonds is 4. The van der Waals surface area contributed by atoms with Gasteiger partial charge in [0.15, 0.2) is 6.10 Å². The Kier molecular flexibility index (Phi) is 4.51. The molecule has 2 aromatic carbocycles. The van der Waals surface area contributed by atoms with Crippen LogP contribution in [0.3, 0.4) is 0 Å². The molecule has 24 heavy (non-hydrogen) atoms. The van der Waals surface area contributed by atoms with E-state index in [1.807, 2.05) is 0 Å². The van der Waals surface area contributed by atoms with Gasteiger partial charge in [-0.15, -0.1) is 0 Å². The van der Waals surface area contributed by atoms with Crippen molar-refractivity contribution in [1.82, 2.24) is 0 Å². The molecule has 3 atom stereocenters. The van der Waals surface area contributed by atoms with Gasteiger partial charge in [-0.3, -0.25) is 0 Å². The summed E-state index contributed by atoms with van der Waals surface area (Å²) < 4.78 is 21.6. The van der Waals surface area contributed by atoms with Gasteiger partial charge in [-0.05, 0) is 17.7 Å². The van der Waals surface area contributed by atoms with Crippen LogP contribution in [0.25, 0.3) is 0 Å². The molecular formula is C18H20O6. The molecule has 0 aliphatic carbocycles. The molecule has 0 saturated heterocycles. The van der Waals surface area contributed by atoms with Gasteiger partial charge in [-0.1, -0.05) is 12.1 Å². The highest BCUT2D eigenvalue weighted by Crippen LogP contribution is 2.47. The SMILES string of the molecule is COc1ccc([C@H]2Oc3cc(OC)cc(OC)c3[C@H](O)[C@@H]2O)cc1. The van der Waals surface area contributed by atoms with Crippen molar-refractivity contribution in [3.63, 3.8) is 0 Å². The van der Waals surface area contributed by atoms with Crippen LogP contribution in [0, 0.1) is 0 Å². The summed E-state index contributed by atoms with van der Waals surface area (Å²) in [5.74, 6) is 2.07. The van der Waals surface area contributed by atoms with E-state index in [0.29, 0.717) is 28.6 Å². The molecule has 0 spiro atoms. The maximum absolute atomic E-state index is 10.6. The molecule has 1 heterocycles. The first-order valence-electron chi connectivity index (χ1n) is 7.51. The third kappa shape index (κ3) is 2.74. The van der Waals surface area contributed by atoms with Crippen LogP contribution >= 0.6 is 0 Å². The zero-order chi connectivity index (χ0) is 17.3. The molecule has 0 unspecified atom stereocenters. The van der Waals surface area contributed by atoms with Gasteiger partial charge in [-0.25, -0.2) is 0 Å². The van der Waals surface area contributed by atoms with Crippen LogP contribution in [0.5, 0.6) is 23.0 Å². The summed E-state index contributed by atoms with van der Waals surface area (Å²) in [6, 6.07) is 10.5. The summed E-state index contributed by atoms with van der Waals surface area (Å²) in [5.41, 5.74) is 1.14. The minimum Gasteiger partial charge on any atom is -0.497 e. The molecule has 2 N–H and O–H groups in total. The van der Waals surface area contributed by atoms with E-state index >= 15 is 0 Å². The molecule has 0 fully saturated rings. The van der Waals surface area contributed by atoms with Crippen LogP contribution in [-0.2, 0) is 0 Å². The summed E-state index contributed by atoms with van der Waals surface area (Å²) in [6.07, 6.45) is -2.98. The minimum absolute atomic E-state index is 0.407. The lowest BCUT2D eigenvalue weighted by Crippen LogP contribution is -2.34. The third-order valence-corrected chi connectivity index (χ3v) is 4.16. The molecule has 2 aromatic rings. The van der Waals surface area contributed by atoms with Gasteiger partial charge in [0.05, 0.1) is 26.9 Å². The van der Waals surface area contributed by atoms with E-state index < -0.39 is 18.3 Å². The molecule has 0 aromatic heterocycles. The van der Waals surface area contributed by atoms with E-state index in [9.17, 15) is 10.2 Å². The highest BCUT2D eigenvalue weighted by Gasteiger charge is 2.39. The van der Waals surface area contributed by atoms with Crippen LogP contribution in [0.1, 0.15) is 23.3 Å². The highest BCUT2D eigenvalue weighted by molar-refractivity contribution is 5.54. The van der Waals surface area contributed by atoms with Crippen molar-refractivity contribution in [2.24, 2.45) is 0 Å². The van der Waals surface area contributed by atoms with E-state index in [-0.39, 0.29) is 0 Å². The van der Waals surface area contributed by atoms with Crippen molar-refractivity contribution in [2.45, 2.75) is 18.3 Å². The fourth-order valence-electron chi connectivity index (χ4n) is 2.85. The minimum atomic E-state index is -1.14. The Balaban J connectivity index is 2.02. The van der Waals surface area contributed by atoms with Gasteiger partial charge in [0.2, 0.25) is 0 Å². The average molecular weight is 332 g/mol. The Morgan fingerprint density at radius 2 is 1.54 bits per heavy atom. The second-order valence-electron chi connectivity index (χ2n) is 5.49. The molecule has 1 aliphatic rings. The third-order valence-electron chi connectivity index (χ3n) is 4.16. The zero-order valence-corrected chi connectivity index (χ0v) is 13.7. The van der Waals surface area contributed by atoms with E-state index in [0.717, 1.165) is 5.56 Å². The van der Waals surface area contributed by atoms with Crippen LogP contribution < -0.4 is 18.9 Å². The summed E-state index contributed by atoms with van der Waals surface area (Å²) in [4.78, 5) is 0. The Bertz CT molecular complexity index is 712. The Morgan fingerprint density at radius 1 is 0.875 bits per heavy atom. The fourth-order valence-corrected chi connectivity index (χ4v) is 2.85. The molecule has 0 saturated carbocycles. The predicted octanol–water partition coefficient (Wildman–Crippen LogP) is 2.24. The zero-order valence-electron chi connectivity index (χ0n) is 13.7. The largest absolute Gasteiger partial charge is 0.497 e. The van der Waals surface area contributed by atoms with E-state index in [2.05, 4.69) is 0 Å². The molecular weight excluding hydrogens is 312 g/mol. The normalized spacial score (nSPS) is 22.3. The summed E-state index contributed by atoms with van der Waals surface area (Å²) >= 11 is 0. The smallest absolute Gasteiger partial charge is 0.152 e. The molecule has 6 heteroatoms. The molecule has 0 bridgehead atoms. The quantitative estimate of drug-likeness (QED) is 0.894. The first-order chi connectivity index (χ1) is 11.6. The number of methoxy groups -OCH3 is 3. The standard InChI is InChI=1S/C18H20O6/c1-21-11-6-4-10(5-7-11)18-17(20)16(19)15-13(23-3)8-12(22-2)9-14(15)24-18/h4-9,16-20H,1-3H3/t16-,17-,18+/m0/s1. The van der Waals surface area contributed by atoms with Crippen molar-refractivity contribution in [2.75, 3.05) is 21.3 Å². The lowest BCUT2D eigenvalue weighted by Gasteiger charge is -2.35. The lowest BCUT2D eigenvalue weighted by atomic mass is 9.91. The van der Waals surface area contributed by atoms with Gasteiger partial charge < -0.3 is 29.2 Å². The van der Waals surface area contributed by atoms with E-state index in [1.54, 1.807) is 43.5 Å². The molecule has 3 rings (SSSR count). The van der Waals surface area contributed by atoms with Crippen molar-refractivity contribution in [3.05, 3.63) is 47.5 Å². The maximum atomic E-state index is 10.6.